The molecule has 1 aliphatic carbocycles. The normalized spacial score (nSPS) is 21.3. The van der Waals surface area contributed by atoms with Crippen molar-refractivity contribution < 1.29 is 38.5 Å². The number of carbonyl (C=O) groups excluding carboxylic acids is 2. The number of para-hydroxylation sites is 1. The van der Waals surface area contributed by atoms with E-state index in [0.717, 1.165) is 59.0 Å². The highest BCUT2D eigenvalue weighted by Gasteiger charge is 2.44. The van der Waals surface area contributed by atoms with Crippen molar-refractivity contribution >= 4 is 40.3 Å². The van der Waals surface area contributed by atoms with Gasteiger partial charge in [-0.05, 0) is 79.1 Å². The number of nitrogen functional groups attached to an aromatic ring is 1. The van der Waals surface area contributed by atoms with Crippen molar-refractivity contribution in [1.29, 1.82) is 0 Å². The van der Waals surface area contributed by atoms with E-state index in [9.17, 15) is 19.8 Å². The molecular formula is C57H60N12O8S. The van der Waals surface area contributed by atoms with E-state index in [1.165, 1.54) is 4.90 Å². The van der Waals surface area contributed by atoms with Gasteiger partial charge in [0.2, 0.25) is 23.5 Å². The number of piperazine rings is 1. The van der Waals surface area contributed by atoms with Crippen LogP contribution in [0.25, 0.3) is 21.7 Å². The Hall–Kier alpha value is -8.35. The molecule has 2 aromatic carbocycles. The first-order valence-corrected chi connectivity index (χ1v) is 27.1. The number of rotatable bonds is 16. The molecule has 11 rings (SSSR count). The number of amides is 2. The van der Waals surface area contributed by atoms with Crippen molar-refractivity contribution in [2.24, 2.45) is 5.92 Å². The molecule has 1 saturated carbocycles. The summed E-state index contributed by atoms with van der Waals surface area (Å²) in [5.74, 6) is 6.38. The van der Waals surface area contributed by atoms with Crippen LogP contribution >= 0.6 is 11.3 Å². The fourth-order valence-electron chi connectivity index (χ4n) is 11.0. The molecular weight excluding hydrogens is 1010 g/mol. The molecule has 2 amide bonds. The van der Waals surface area contributed by atoms with Crippen LogP contribution in [0.3, 0.4) is 0 Å². The van der Waals surface area contributed by atoms with E-state index in [2.05, 4.69) is 62.2 Å². The molecule has 21 heteroatoms. The highest BCUT2D eigenvalue weighted by molar-refractivity contribution is 7.13. The van der Waals surface area contributed by atoms with Crippen molar-refractivity contribution in [3.8, 4) is 56.8 Å². The summed E-state index contributed by atoms with van der Waals surface area (Å²) < 4.78 is 23.9. The fourth-order valence-corrected chi connectivity index (χ4v) is 11.8. The molecule has 3 saturated heterocycles. The summed E-state index contributed by atoms with van der Waals surface area (Å²) in [5, 5.41) is 36.8. The number of hydrogen-bond donors (Lipinski definition) is 4. The fraction of sp³-hybridized carbons (Fsp3) is 0.386. The highest BCUT2D eigenvalue weighted by Crippen LogP contribution is 2.41. The molecule has 2 bridgehead atoms. The Morgan fingerprint density at radius 2 is 1.65 bits per heavy atom. The summed E-state index contributed by atoms with van der Waals surface area (Å²) in [5.41, 5.74) is 14.2. The van der Waals surface area contributed by atoms with Gasteiger partial charge in [-0.25, -0.2) is 19.9 Å². The third kappa shape index (κ3) is 11.1. The quantitative estimate of drug-likeness (QED) is 0.0719. The zero-order valence-electron chi connectivity index (χ0n) is 43.6. The standard InChI is InChI=1S/C57H60N12O8S/c1-32(2)53(57(73)68-30-40(70)21-47(68)56(72)63-33(3)35-11-13-36(14-12-35)54-34(4)62-31-78-54)49-25-52(66-77-49)74-19-7-10-50-60-26-43(27-61-50)75-41-22-42(23-41)76-51-20-37(17-18-59-51)69-38-15-16-39(69)29-67(28-38)46-24-45(64-65-55(46)58)44-8-5-6-9-48(44)71/h5-6,8-9,11-14,17-18,20,24-27,31-33,38-42,47,53,70-71H,15-16,19,21-23,28-30H2,1-4H3,(H2,58,65)(H,63,72)/t33-,38?,39?,40+,41-,42-,47-,53-/m0/s1. The van der Waals surface area contributed by atoms with Gasteiger partial charge in [0.1, 0.15) is 29.9 Å². The van der Waals surface area contributed by atoms with Crippen LogP contribution in [-0.4, -0.2) is 125 Å². The number of aryl methyl sites for hydroxylation is 1. The van der Waals surface area contributed by atoms with Crippen LogP contribution in [-0.2, 0) is 9.59 Å². The molecule has 8 heterocycles. The van der Waals surface area contributed by atoms with Crippen molar-refractivity contribution in [2.75, 3.05) is 41.8 Å². The van der Waals surface area contributed by atoms with E-state index in [0.29, 0.717) is 41.5 Å². The summed E-state index contributed by atoms with van der Waals surface area (Å²) in [7, 11) is 0. The van der Waals surface area contributed by atoms with Crippen molar-refractivity contribution in [3.63, 3.8) is 0 Å². The third-order valence-corrected chi connectivity index (χ3v) is 15.9. The van der Waals surface area contributed by atoms with Gasteiger partial charge < -0.3 is 54.7 Å². The number of aromatic hydroxyl groups is 1. The number of phenols is 1. The van der Waals surface area contributed by atoms with Crippen LogP contribution in [0.15, 0.2) is 101 Å². The summed E-state index contributed by atoms with van der Waals surface area (Å²) >= 11 is 1.58. The lowest BCUT2D eigenvalue weighted by Crippen LogP contribution is -2.54. The molecule has 2 unspecified atom stereocenters. The minimum absolute atomic E-state index is 0.0162. The van der Waals surface area contributed by atoms with Gasteiger partial charge in [-0.1, -0.05) is 56.2 Å². The molecule has 3 aliphatic heterocycles. The molecule has 4 fully saturated rings. The Bertz CT molecular complexity index is 3330. The average molecular weight is 1070 g/mol. The number of pyridine rings is 1. The summed E-state index contributed by atoms with van der Waals surface area (Å²) in [4.78, 5) is 52.8. The predicted molar refractivity (Wildman–Crippen MR) is 291 cm³/mol. The minimum Gasteiger partial charge on any atom is -0.507 e. The molecule has 5 aromatic heterocycles. The number of thiazole rings is 1. The highest BCUT2D eigenvalue weighted by atomic mass is 32.1. The van der Waals surface area contributed by atoms with Gasteiger partial charge in [0.25, 0.3) is 5.88 Å². The molecule has 0 radical (unpaired) electrons. The number of aliphatic hydroxyl groups is 1. The largest absolute Gasteiger partial charge is 0.507 e. The van der Waals surface area contributed by atoms with E-state index in [-0.39, 0.29) is 90.9 Å². The number of likely N-dealkylation sites (tertiary alicyclic amines) is 1. The van der Waals surface area contributed by atoms with Gasteiger partial charge in [0.05, 0.1) is 52.0 Å². The second-order valence-electron chi connectivity index (χ2n) is 20.7. The van der Waals surface area contributed by atoms with E-state index in [4.69, 9.17) is 24.5 Å². The maximum absolute atomic E-state index is 14.2. The number of ether oxygens (including phenoxy) is 3. The van der Waals surface area contributed by atoms with E-state index >= 15 is 0 Å². The lowest BCUT2D eigenvalue weighted by molar-refractivity contribution is -0.141. The Morgan fingerprint density at radius 3 is 2.38 bits per heavy atom. The van der Waals surface area contributed by atoms with Crippen molar-refractivity contribution in [2.45, 2.75) is 108 Å². The number of phenolic OH excluding ortho intramolecular Hbond substituents is 1. The van der Waals surface area contributed by atoms with Crippen molar-refractivity contribution in [1.82, 2.24) is 45.5 Å². The number of carbonyl (C=O) groups is 2. The number of aliphatic hydroxyl groups excluding tert-OH is 1. The monoisotopic (exact) mass is 1070 g/mol. The predicted octanol–water partition coefficient (Wildman–Crippen LogP) is 6.89. The first kappa shape index (κ1) is 51.7. The zero-order valence-corrected chi connectivity index (χ0v) is 44.4. The average Bonchev–Trinajstić information content (AvgIpc) is 4.28. The molecule has 20 nitrogen and oxygen atoms in total. The molecule has 5 N–H and O–H groups in total. The SMILES string of the molecule is Cc1ncsc1-c1ccc([C@H](C)NC(=O)[C@@H]2C[C@@H](O)CN2C(=O)[C@H](c2cc(OCC#Cc3ncc(O[C@H]4C[C@H](Oc5cc(N6C7CCC6CN(c6cc(-c8ccccc8O)nnc6N)C7)ccn5)C4)cn3)no2)C(C)C)cc1. The lowest BCUT2D eigenvalue weighted by atomic mass is 9.91. The molecule has 7 aromatic rings. The Balaban J connectivity index is 0.627. The van der Waals surface area contributed by atoms with E-state index < -0.39 is 18.1 Å². The second-order valence-corrected chi connectivity index (χ2v) is 21.5. The first-order valence-electron chi connectivity index (χ1n) is 26.3. The van der Waals surface area contributed by atoms with Gasteiger partial charge >= 0.3 is 0 Å². The maximum atomic E-state index is 14.2. The van der Waals surface area contributed by atoms with Crippen LogP contribution < -0.4 is 35.1 Å². The third-order valence-electron chi connectivity index (χ3n) is 15.0. The van der Waals surface area contributed by atoms with Gasteiger partial charge in [-0.15, -0.1) is 21.5 Å². The summed E-state index contributed by atoms with van der Waals surface area (Å²) in [6.07, 6.45) is 7.56. The number of hydrogen-bond acceptors (Lipinski definition) is 19. The van der Waals surface area contributed by atoms with Gasteiger partial charge in [0, 0.05) is 80.6 Å². The van der Waals surface area contributed by atoms with Gasteiger partial charge in [-0.2, -0.15) is 0 Å². The van der Waals surface area contributed by atoms with Crippen LogP contribution in [0.5, 0.6) is 23.3 Å². The Kier molecular flexibility index (Phi) is 14.8. The number of nitrogens with one attached hydrogen (secondary N) is 1. The topological polar surface area (TPSA) is 253 Å². The molecule has 78 heavy (non-hydrogen) atoms. The molecule has 402 valence electrons. The maximum Gasteiger partial charge on any atom is 0.255 e. The lowest BCUT2D eigenvalue weighted by Gasteiger charge is -2.43. The Labute approximate surface area is 455 Å². The van der Waals surface area contributed by atoms with E-state index in [1.807, 2.05) is 87.8 Å². The second kappa shape index (κ2) is 22.3. The van der Waals surface area contributed by atoms with Gasteiger partial charge in [-0.3, -0.25) is 9.59 Å². The number of β-amino-alcohol motifs (C(OH)–C–C–N with tert-alkyl or cyclic N) is 1. The number of nitrogens with two attached hydrogens (primary N) is 1. The summed E-state index contributed by atoms with van der Waals surface area (Å²) in [6, 6.07) is 21.9. The number of aromatic nitrogens is 7. The summed E-state index contributed by atoms with van der Waals surface area (Å²) in [6.45, 7) is 9.13. The van der Waals surface area contributed by atoms with Gasteiger partial charge in [0.15, 0.2) is 23.9 Å². The van der Waals surface area contributed by atoms with Crippen molar-refractivity contribution in [3.05, 3.63) is 120 Å². The van der Waals surface area contributed by atoms with Crippen LogP contribution in [0.1, 0.15) is 87.7 Å². The Morgan fingerprint density at radius 1 is 0.897 bits per heavy atom. The molecule has 0 spiro atoms. The first-order chi connectivity index (χ1) is 37.8. The number of anilines is 3. The molecule has 6 atom stereocenters. The van der Waals surface area contributed by atoms with Crippen LogP contribution in [0.2, 0.25) is 0 Å². The smallest absolute Gasteiger partial charge is 0.255 e. The van der Waals surface area contributed by atoms with Crippen LogP contribution in [0.4, 0.5) is 17.2 Å². The zero-order chi connectivity index (χ0) is 54.0. The van der Waals surface area contributed by atoms with Crippen LogP contribution in [0, 0.1) is 24.7 Å². The number of benzene rings is 2. The minimum atomic E-state index is -0.866. The number of fused-ring (bicyclic) bond motifs is 2. The molecule has 4 aliphatic rings. The number of nitrogens with zero attached hydrogens (tertiary/aromatic N) is 10. The van der Waals surface area contributed by atoms with E-state index in [1.54, 1.807) is 48.1 Å².